The van der Waals surface area contributed by atoms with E-state index in [1.54, 1.807) is 6.20 Å². The van der Waals surface area contributed by atoms with Crippen LogP contribution in [0.3, 0.4) is 0 Å². The molecule has 3 rings (SSSR count). The highest BCUT2D eigenvalue weighted by Crippen LogP contribution is 2.44. The van der Waals surface area contributed by atoms with Gasteiger partial charge in [-0.2, -0.15) is 0 Å². The Labute approximate surface area is 118 Å². The van der Waals surface area contributed by atoms with Crippen LogP contribution in [0.4, 0.5) is 0 Å². The number of halogens is 1. The molecule has 0 atom stereocenters. The highest BCUT2D eigenvalue weighted by atomic mass is 35.5. The molecule has 1 saturated carbocycles. The van der Waals surface area contributed by atoms with Crippen LogP contribution in [0.2, 0.25) is 5.02 Å². The molecule has 0 aliphatic heterocycles. The van der Waals surface area contributed by atoms with E-state index in [1.807, 2.05) is 17.7 Å². The third kappa shape index (κ3) is 1.97. The van der Waals surface area contributed by atoms with Gasteiger partial charge < -0.3 is 10.3 Å². The monoisotopic (exact) mass is 275 g/mol. The van der Waals surface area contributed by atoms with E-state index in [1.165, 1.54) is 24.8 Å². The van der Waals surface area contributed by atoms with E-state index in [0.717, 1.165) is 16.5 Å². The second-order valence-electron chi connectivity index (χ2n) is 5.35. The first-order chi connectivity index (χ1) is 9.16. The predicted molar refractivity (Wildman–Crippen MR) is 77.9 cm³/mol. The summed E-state index contributed by atoms with van der Waals surface area (Å²) in [4.78, 5) is 4.23. The summed E-state index contributed by atoms with van der Waals surface area (Å²) in [6.07, 6.45) is 7.31. The van der Waals surface area contributed by atoms with E-state index in [-0.39, 0.29) is 5.41 Å². The van der Waals surface area contributed by atoms with E-state index in [2.05, 4.69) is 23.2 Å². The van der Waals surface area contributed by atoms with Crippen molar-refractivity contribution in [2.45, 2.75) is 31.6 Å². The predicted octanol–water partition coefficient (Wildman–Crippen LogP) is 3.21. The Kier molecular flexibility index (Phi) is 3.11. The SMILES string of the molecule is Cc1nccn1-c1ccc(C2(CN)CCC2)cc1Cl. The van der Waals surface area contributed by atoms with E-state index >= 15 is 0 Å². The number of hydrogen-bond acceptors (Lipinski definition) is 2. The average Bonchev–Trinajstić information content (AvgIpc) is 2.75. The molecule has 2 N–H and O–H groups in total. The van der Waals surface area contributed by atoms with Crippen molar-refractivity contribution >= 4 is 11.6 Å². The number of hydrogen-bond donors (Lipinski definition) is 1. The van der Waals surface area contributed by atoms with Gasteiger partial charge in [0.1, 0.15) is 5.82 Å². The van der Waals surface area contributed by atoms with Crippen molar-refractivity contribution in [2.24, 2.45) is 5.73 Å². The van der Waals surface area contributed by atoms with Crippen LogP contribution >= 0.6 is 11.6 Å². The number of aryl methyl sites for hydroxylation is 1. The normalized spacial score (nSPS) is 17.2. The fraction of sp³-hybridized carbons (Fsp3) is 0.400. The smallest absolute Gasteiger partial charge is 0.110 e. The first kappa shape index (κ1) is 12.7. The molecule has 1 fully saturated rings. The second-order valence-corrected chi connectivity index (χ2v) is 5.76. The van der Waals surface area contributed by atoms with E-state index in [0.29, 0.717) is 6.54 Å². The molecule has 0 amide bonds. The largest absolute Gasteiger partial charge is 0.330 e. The van der Waals surface area contributed by atoms with Gasteiger partial charge in [-0.25, -0.2) is 4.98 Å². The van der Waals surface area contributed by atoms with Crippen LogP contribution in [-0.4, -0.2) is 16.1 Å². The van der Waals surface area contributed by atoms with Crippen LogP contribution in [0, 0.1) is 6.92 Å². The van der Waals surface area contributed by atoms with Crippen LogP contribution in [-0.2, 0) is 5.41 Å². The molecule has 4 heteroatoms. The van der Waals surface area contributed by atoms with Gasteiger partial charge >= 0.3 is 0 Å². The van der Waals surface area contributed by atoms with Crippen molar-refractivity contribution in [3.63, 3.8) is 0 Å². The van der Waals surface area contributed by atoms with Gasteiger partial charge in [0, 0.05) is 24.4 Å². The zero-order chi connectivity index (χ0) is 13.5. The summed E-state index contributed by atoms with van der Waals surface area (Å²) < 4.78 is 2.00. The summed E-state index contributed by atoms with van der Waals surface area (Å²) in [7, 11) is 0. The summed E-state index contributed by atoms with van der Waals surface area (Å²) in [5.41, 5.74) is 8.36. The van der Waals surface area contributed by atoms with Crippen LogP contribution in [0.1, 0.15) is 30.7 Å². The van der Waals surface area contributed by atoms with E-state index in [4.69, 9.17) is 17.3 Å². The summed E-state index contributed by atoms with van der Waals surface area (Å²) in [5, 5.41) is 0.762. The fourth-order valence-electron chi connectivity index (χ4n) is 2.88. The van der Waals surface area contributed by atoms with Gasteiger partial charge in [0.15, 0.2) is 0 Å². The number of imidazole rings is 1. The molecule has 19 heavy (non-hydrogen) atoms. The number of rotatable bonds is 3. The lowest BCUT2D eigenvalue weighted by molar-refractivity contribution is 0.253. The number of nitrogens with zero attached hydrogens (tertiary/aromatic N) is 2. The standard InChI is InChI=1S/C15H18ClN3/c1-11-18-7-8-19(11)14-4-3-12(9-13(14)16)15(10-17)5-2-6-15/h3-4,7-9H,2,5-6,10,17H2,1H3. The minimum atomic E-state index is 0.159. The molecule has 0 saturated heterocycles. The van der Waals surface area contributed by atoms with Crippen molar-refractivity contribution in [2.75, 3.05) is 6.54 Å². The minimum Gasteiger partial charge on any atom is -0.330 e. The molecule has 1 aliphatic carbocycles. The summed E-state index contributed by atoms with van der Waals surface area (Å²) in [6, 6.07) is 6.30. The average molecular weight is 276 g/mol. The molecule has 0 spiro atoms. The second kappa shape index (κ2) is 4.66. The Balaban J connectivity index is 2.01. The zero-order valence-corrected chi connectivity index (χ0v) is 11.8. The van der Waals surface area contributed by atoms with Gasteiger partial charge in [0.25, 0.3) is 0 Å². The highest BCUT2D eigenvalue weighted by Gasteiger charge is 2.37. The van der Waals surface area contributed by atoms with Gasteiger partial charge in [0.05, 0.1) is 10.7 Å². The van der Waals surface area contributed by atoms with E-state index < -0.39 is 0 Å². The maximum Gasteiger partial charge on any atom is 0.110 e. The fourth-order valence-corrected chi connectivity index (χ4v) is 3.15. The third-order valence-electron chi connectivity index (χ3n) is 4.35. The first-order valence-corrected chi connectivity index (χ1v) is 7.04. The van der Waals surface area contributed by atoms with Crippen LogP contribution < -0.4 is 5.73 Å². The molecular weight excluding hydrogens is 258 g/mol. The Hall–Kier alpha value is -1.32. The van der Waals surface area contributed by atoms with Crippen LogP contribution in [0.5, 0.6) is 0 Å². The quantitative estimate of drug-likeness (QED) is 0.935. The molecule has 0 unspecified atom stereocenters. The molecule has 1 aromatic heterocycles. The summed E-state index contributed by atoms with van der Waals surface area (Å²) >= 11 is 6.45. The molecule has 0 bridgehead atoms. The number of aromatic nitrogens is 2. The van der Waals surface area contributed by atoms with Gasteiger partial charge in [-0.1, -0.05) is 24.1 Å². The van der Waals surface area contributed by atoms with Gasteiger partial charge in [-0.3, -0.25) is 0 Å². The summed E-state index contributed by atoms with van der Waals surface area (Å²) in [6.45, 7) is 2.67. The summed E-state index contributed by atoms with van der Waals surface area (Å²) in [5.74, 6) is 0.937. The molecule has 100 valence electrons. The maximum atomic E-state index is 6.45. The van der Waals surface area contributed by atoms with Gasteiger partial charge in [0.2, 0.25) is 0 Å². The van der Waals surface area contributed by atoms with Crippen molar-refractivity contribution in [1.82, 2.24) is 9.55 Å². The lowest BCUT2D eigenvalue weighted by Gasteiger charge is -2.41. The van der Waals surface area contributed by atoms with Crippen LogP contribution in [0.15, 0.2) is 30.6 Å². The lowest BCUT2D eigenvalue weighted by Crippen LogP contribution is -2.41. The Morgan fingerprint density at radius 2 is 2.21 bits per heavy atom. The molecule has 1 aromatic carbocycles. The first-order valence-electron chi connectivity index (χ1n) is 6.67. The van der Waals surface area contributed by atoms with Crippen molar-refractivity contribution in [3.8, 4) is 5.69 Å². The van der Waals surface area contributed by atoms with Crippen molar-refractivity contribution in [3.05, 3.63) is 47.0 Å². The van der Waals surface area contributed by atoms with Gasteiger partial charge in [-0.05, 0) is 37.5 Å². The number of nitrogens with two attached hydrogens (primary N) is 1. The van der Waals surface area contributed by atoms with Gasteiger partial charge in [-0.15, -0.1) is 0 Å². The minimum absolute atomic E-state index is 0.159. The Morgan fingerprint density at radius 1 is 1.42 bits per heavy atom. The molecule has 0 radical (unpaired) electrons. The van der Waals surface area contributed by atoms with E-state index in [9.17, 15) is 0 Å². The lowest BCUT2D eigenvalue weighted by atomic mass is 9.64. The third-order valence-corrected chi connectivity index (χ3v) is 4.65. The topological polar surface area (TPSA) is 43.8 Å². The van der Waals surface area contributed by atoms with Crippen molar-refractivity contribution < 1.29 is 0 Å². The molecular formula is C15H18ClN3. The zero-order valence-electron chi connectivity index (χ0n) is 11.1. The Bertz CT molecular complexity index is 594. The maximum absolute atomic E-state index is 6.45. The molecule has 2 aromatic rings. The van der Waals surface area contributed by atoms with Crippen LogP contribution in [0.25, 0.3) is 5.69 Å². The molecule has 1 heterocycles. The molecule has 1 aliphatic rings. The molecule has 3 nitrogen and oxygen atoms in total. The van der Waals surface area contributed by atoms with Crippen molar-refractivity contribution in [1.29, 1.82) is 0 Å². The number of benzene rings is 1. The Morgan fingerprint density at radius 3 is 2.68 bits per heavy atom. The highest BCUT2D eigenvalue weighted by molar-refractivity contribution is 6.32.